The molecule has 1 N–H and O–H groups in total. The normalized spacial score (nSPS) is 10.6. The van der Waals surface area contributed by atoms with Gasteiger partial charge in [0.05, 0.1) is 19.3 Å². The molecular formula is C22H22BrN3O3. The Labute approximate surface area is 178 Å². The maximum absolute atomic E-state index is 12.3. The average Bonchev–Trinajstić information content (AvgIpc) is 3.15. The molecule has 0 unspecified atom stereocenters. The van der Waals surface area contributed by atoms with E-state index >= 15 is 0 Å². The monoisotopic (exact) mass is 455 g/mol. The summed E-state index contributed by atoms with van der Waals surface area (Å²) in [6, 6.07) is 16.6. The summed E-state index contributed by atoms with van der Waals surface area (Å²) in [5.74, 6) is 1.03. The molecule has 0 saturated carbocycles. The summed E-state index contributed by atoms with van der Waals surface area (Å²) in [4.78, 5) is 24.6. The summed E-state index contributed by atoms with van der Waals surface area (Å²) in [5.41, 5.74) is 1.64. The number of rotatable bonds is 9. The number of Topliss-reactive ketones (excluding diaryl/α,β-unsaturated/α-hetero) is 1. The molecular weight excluding hydrogens is 434 g/mol. The van der Waals surface area contributed by atoms with Crippen molar-refractivity contribution < 1.29 is 14.3 Å². The number of halogens is 1. The van der Waals surface area contributed by atoms with Crippen molar-refractivity contribution >= 4 is 33.4 Å². The second-order valence-electron chi connectivity index (χ2n) is 6.43. The number of hydrogen-bond acceptors (Lipinski definition) is 4. The van der Waals surface area contributed by atoms with Gasteiger partial charge in [0.25, 0.3) is 0 Å². The lowest BCUT2D eigenvalue weighted by Gasteiger charge is -2.09. The molecule has 0 spiro atoms. The van der Waals surface area contributed by atoms with Crippen LogP contribution in [0.3, 0.4) is 0 Å². The van der Waals surface area contributed by atoms with Crippen molar-refractivity contribution in [2.45, 2.75) is 26.3 Å². The number of ether oxygens (including phenoxy) is 1. The van der Waals surface area contributed by atoms with E-state index in [-0.39, 0.29) is 24.5 Å². The lowest BCUT2D eigenvalue weighted by Crippen LogP contribution is -2.17. The second kappa shape index (κ2) is 10.0. The molecule has 6 nitrogen and oxygen atoms in total. The van der Waals surface area contributed by atoms with Crippen LogP contribution in [0.15, 0.2) is 65.3 Å². The van der Waals surface area contributed by atoms with Gasteiger partial charge in [0.15, 0.2) is 5.78 Å². The second-order valence-corrected chi connectivity index (χ2v) is 7.34. The first-order chi connectivity index (χ1) is 14.0. The molecule has 0 aliphatic heterocycles. The number of aromatic nitrogens is 2. The minimum absolute atomic E-state index is 0.0773. The van der Waals surface area contributed by atoms with Gasteiger partial charge in [0, 0.05) is 28.9 Å². The van der Waals surface area contributed by atoms with Crippen molar-refractivity contribution in [3.8, 4) is 5.75 Å². The van der Waals surface area contributed by atoms with Gasteiger partial charge in [-0.25, -0.2) is 4.68 Å². The fourth-order valence-electron chi connectivity index (χ4n) is 2.81. The Hall–Kier alpha value is -2.93. The third-order valence-electron chi connectivity index (χ3n) is 4.30. The highest BCUT2D eigenvalue weighted by molar-refractivity contribution is 9.10. The van der Waals surface area contributed by atoms with Crippen molar-refractivity contribution in [1.29, 1.82) is 0 Å². The van der Waals surface area contributed by atoms with Crippen LogP contribution in [0, 0.1) is 0 Å². The number of nitrogens with zero attached hydrogens (tertiary/aromatic N) is 2. The molecule has 0 atom stereocenters. The molecule has 150 valence electrons. The van der Waals surface area contributed by atoms with E-state index in [1.54, 1.807) is 41.2 Å². The molecule has 29 heavy (non-hydrogen) atoms. The fraction of sp³-hybridized carbons (Fsp3) is 0.227. The Morgan fingerprint density at radius 2 is 1.76 bits per heavy atom. The molecule has 0 aliphatic rings. The highest BCUT2D eigenvalue weighted by Crippen LogP contribution is 2.16. The Bertz CT molecular complexity index is 966. The van der Waals surface area contributed by atoms with Crippen molar-refractivity contribution in [2.24, 2.45) is 0 Å². The van der Waals surface area contributed by atoms with Crippen molar-refractivity contribution in [2.75, 3.05) is 11.9 Å². The maximum Gasteiger partial charge on any atom is 0.225 e. The summed E-state index contributed by atoms with van der Waals surface area (Å²) in [7, 11) is 0. The molecule has 3 rings (SSSR count). The zero-order valence-electron chi connectivity index (χ0n) is 16.1. The van der Waals surface area contributed by atoms with E-state index in [1.165, 1.54) is 0 Å². The first kappa shape index (κ1) is 20.8. The molecule has 0 aliphatic carbocycles. The molecule has 0 radical (unpaired) electrons. The Balaban J connectivity index is 1.52. The SMILES string of the molecule is CCOc1ccc(C(=O)CCC(=O)Nc2ccnn2Cc2ccc(Br)cc2)cc1. The van der Waals surface area contributed by atoms with Crippen molar-refractivity contribution in [3.63, 3.8) is 0 Å². The van der Waals surface area contributed by atoms with Crippen LogP contribution in [0.2, 0.25) is 0 Å². The maximum atomic E-state index is 12.3. The van der Waals surface area contributed by atoms with E-state index in [1.807, 2.05) is 31.2 Å². The van der Waals surface area contributed by atoms with Crippen LogP contribution < -0.4 is 10.1 Å². The van der Waals surface area contributed by atoms with E-state index in [2.05, 4.69) is 26.3 Å². The van der Waals surface area contributed by atoms with E-state index in [0.717, 1.165) is 15.8 Å². The van der Waals surface area contributed by atoms with Crippen LogP contribution in [-0.4, -0.2) is 28.1 Å². The average molecular weight is 456 g/mol. The Morgan fingerprint density at radius 1 is 1.03 bits per heavy atom. The molecule has 1 amide bonds. The summed E-state index contributed by atoms with van der Waals surface area (Å²) >= 11 is 3.41. The predicted octanol–water partition coefficient (Wildman–Crippen LogP) is 4.69. The lowest BCUT2D eigenvalue weighted by molar-refractivity contribution is -0.116. The molecule has 1 aromatic heterocycles. The van der Waals surface area contributed by atoms with Crippen LogP contribution in [0.5, 0.6) is 5.75 Å². The van der Waals surface area contributed by atoms with Gasteiger partial charge < -0.3 is 10.1 Å². The number of hydrogen-bond donors (Lipinski definition) is 1. The number of carbonyl (C=O) groups excluding carboxylic acids is 2. The van der Waals surface area contributed by atoms with Gasteiger partial charge in [-0.3, -0.25) is 9.59 Å². The van der Waals surface area contributed by atoms with Gasteiger partial charge in [-0.15, -0.1) is 0 Å². The van der Waals surface area contributed by atoms with E-state index < -0.39 is 0 Å². The third kappa shape index (κ3) is 6.02. The summed E-state index contributed by atoms with van der Waals surface area (Å²) in [6.45, 7) is 3.02. The predicted molar refractivity (Wildman–Crippen MR) is 115 cm³/mol. The van der Waals surface area contributed by atoms with Crippen molar-refractivity contribution in [1.82, 2.24) is 9.78 Å². The molecule has 7 heteroatoms. The lowest BCUT2D eigenvalue weighted by atomic mass is 10.1. The largest absolute Gasteiger partial charge is 0.494 e. The number of ketones is 1. The first-order valence-corrected chi connectivity index (χ1v) is 10.2. The molecule has 3 aromatic rings. The Kier molecular flexibility index (Phi) is 7.19. The van der Waals surface area contributed by atoms with Crippen LogP contribution in [0.1, 0.15) is 35.7 Å². The molecule has 0 saturated heterocycles. The quantitative estimate of drug-likeness (QED) is 0.474. The van der Waals surface area contributed by atoms with Gasteiger partial charge in [-0.1, -0.05) is 28.1 Å². The molecule has 0 bridgehead atoms. The van der Waals surface area contributed by atoms with Crippen LogP contribution in [0.25, 0.3) is 0 Å². The van der Waals surface area contributed by atoms with Crippen LogP contribution >= 0.6 is 15.9 Å². The minimum Gasteiger partial charge on any atom is -0.494 e. The van der Waals surface area contributed by atoms with Crippen molar-refractivity contribution in [3.05, 3.63) is 76.4 Å². The zero-order chi connectivity index (χ0) is 20.6. The standard InChI is InChI=1S/C22H22BrN3O3/c1-2-29-19-9-5-17(6-10-19)20(27)11-12-22(28)25-21-13-14-24-26(21)15-16-3-7-18(23)8-4-16/h3-10,13-14H,2,11-12,15H2,1H3,(H,25,28). The number of nitrogens with one attached hydrogen (secondary N) is 1. The van der Waals surface area contributed by atoms with Gasteiger partial charge in [0.2, 0.25) is 5.91 Å². The van der Waals surface area contributed by atoms with Gasteiger partial charge in [0.1, 0.15) is 11.6 Å². The summed E-state index contributed by atoms with van der Waals surface area (Å²) < 4.78 is 8.10. The Morgan fingerprint density at radius 3 is 2.45 bits per heavy atom. The topological polar surface area (TPSA) is 73.2 Å². The van der Waals surface area contributed by atoms with E-state index in [9.17, 15) is 9.59 Å². The number of amides is 1. The molecule has 1 heterocycles. The third-order valence-corrected chi connectivity index (χ3v) is 4.82. The number of carbonyl (C=O) groups is 2. The molecule has 0 fully saturated rings. The summed E-state index contributed by atoms with van der Waals surface area (Å²) in [6.07, 6.45) is 1.88. The zero-order valence-corrected chi connectivity index (χ0v) is 17.7. The van der Waals surface area contributed by atoms with Gasteiger partial charge in [-0.05, 0) is 48.9 Å². The van der Waals surface area contributed by atoms with Crippen LogP contribution in [0.4, 0.5) is 5.82 Å². The number of anilines is 1. The highest BCUT2D eigenvalue weighted by Gasteiger charge is 2.12. The van der Waals surface area contributed by atoms with E-state index in [4.69, 9.17) is 4.74 Å². The fourth-order valence-corrected chi connectivity index (χ4v) is 3.07. The van der Waals surface area contributed by atoms with Crippen LogP contribution in [-0.2, 0) is 11.3 Å². The van der Waals surface area contributed by atoms with Gasteiger partial charge in [-0.2, -0.15) is 5.10 Å². The summed E-state index contributed by atoms with van der Waals surface area (Å²) in [5, 5.41) is 7.10. The first-order valence-electron chi connectivity index (χ1n) is 9.37. The highest BCUT2D eigenvalue weighted by atomic mass is 79.9. The molecule has 2 aromatic carbocycles. The minimum atomic E-state index is -0.221. The van der Waals surface area contributed by atoms with Gasteiger partial charge >= 0.3 is 0 Å². The van der Waals surface area contributed by atoms with E-state index in [0.29, 0.717) is 24.5 Å². The smallest absolute Gasteiger partial charge is 0.225 e. The number of benzene rings is 2.